The number of piperidine rings is 1. The number of aliphatic hydroxyl groups excluding tert-OH is 1. The molecule has 4 heteroatoms. The van der Waals surface area contributed by atoms with Crippen LogP contribution < -0.4 is 4.74 Å². The van der Waals surface area contributed by atoms with Crippen molar-refractivity contribution in [3.8, 4) is 5.75 Å². The highest BCUT2D eigenvalue weighted by Crippen LogP contribution is 2.23. The Morgan fingerprint density at radius 1 is 1.04 bits per heavy atom. The molecule has 0 aliphatic carbocycles. The van der Waals surface area contributed by atoms with Crippen LogP contribution in [0.1, 0.15) is 18.4 Å². The van der Waals surface area contributed by atoms with Crippen molar-refractivity contribution in [1.29, 1.82) is 0 Å². The Balaban J connectivity index is 1.41. The van der Waals surface area contributed by atoms with Gasteiger partial charge in [0.1, 0.15) is 12.4 Å². The van der Waals surface area contributed by atoms with Crippen molar-refractivity contribution in [3.63, 3.8) is 0 Å². The van der Waals surface area contributed by atoms with E-state index in [1.165, 1.54) is 5.56 Å². The Hall–Kier alpha value is -1.55. The highest BCUT2D eigenvalue weighted by molar-refractivity contribution is 6.30. The van der Waals surface area contributed by atoms with Gasteiger partial charge in [0.2, 0.25) is 0 Å². The highest BCUT2D eigenvalue weighted by Gasteiger charge is 2.25. The molecule has 1 aliphatic heterocycles. The summed E-state index contributed by atoms with van der Waals surface area (Å²) in [6.45, 7) is 3.38. The van der Waals surface area contributed by atoms with Crippen molar-refractivity contribution in [2.24, 2.45) is 5.92 Å². The van der Waals surface area contributed by atoms with Gasteiger partial charge in [0.15, 0.2) is 0 Å². The van der Waals surface area contributed by atoms with Crippen LogP contribution in [0.25, 0.3) is 0 Å². The minimum atomic E-state index is -0.417. The van der Waals surface area contributed by atoms with Gasteiger partial charge in [-0.3, -0.25) is 4.90 Å². The van der Waals surface area contributed by atoms with E-state index in [1.807, 2.05) is 18.2 Å². The van der Waals surface area contributed by atoms with Crippen molar-refractivity contribution in [2.45, 2.75) is 25.5 Å². The summed E-state index contributed by atoms with van der Waals surface area (Å²) in [6, 6.07) is 17.8. The number of benzene rings is 2. The van der Waals surface area contributed by atoms with Gasteiger partial charge in [-0.15, -0.1) is 0 Å². The van der Waals surface area contributed by atoms with E-state index in [4.69, 9.17) is 16.3 Å². The zero-order valence-corrected chi connectivity index (χ0v) is 14.5. The molecule has 3 nitrogen and oxygen atoms in total. The average molecular weight is 346 g/mol. The normalized spacial score (nSPS) is 17.6. The third-order valence-corrected chi connectivity index (χ3v) is 4.91. The maximum absolute atomic E-state index is 10.4. The fraction of sp³-hybridized carbons (Fsp3) is 0.400. The van der Waals surface area contributed by atoms with E-state index in [0.717, 1.165) is 38.2 Å². The van der Waals surface area contributed by atoms with Gasteiger partial charge in [0.25, 0.3) is 0 Å². The number of ether oxygens (including phenoxy) is 1. The molecule has 1 N–H and O–H groups in total. The molecule has 0 aromatic heterocycles. The minimum absolute atomic E-state index is 0.310. The van der Waals surface area contributed by atoms with Crippen LogP contribution in [-0.2, 0) is 6.54 Å². The van der Waals surface area contributed by atoms with Crippen LogP contribution in [-0.4, -0.2) is 35.8 Å². The van der Waals surface area contributed by atoms with Gasteiger partial charge < -0.3 is 9.84 Å². The van der Waals surface area contributed by atoms with Gasteiger partial charge in [-0.05, 0) is 61.7 Å². The number of nitrogens with zero attached hydrogens (tertiary/aromatic N) is 1. The number of rotatable bonds is 6. The van der Waals surface area contributed by atoms with Crippen LogP contribution in [0.5, 0.6) is 5.75 Å². The molecular formula is C20H24ClNO2. The van der Waals surface area contributed by atoms with Crippen LogP contribution in [0.4, 0.5) is 0 Å². The standard InChI is InChI=1S/C20H24ClNO2/c21-18-6-8-19(9-7-18)24-15-20(23)17-10-12-22(13-11-17)14-16-4-2-1-3-5-16/h1-9,17,20,23H,10-15H2. The van der Waals surface area contributed by atoms with E-state index in [-0.39, 0.29) is 0 Å². The lowest BCUT2D eigenvalue weighted by molar-refractivity contribution is 0.0245. The van der Waals surface area contributed by atoms with Gasteiger partial charge in [-0.1, -0.05) is 41.9 Å². The molecule has 0 radical (unpaired) electrons. The lowest BCUT2D eigenvalue weighted by Crippen LogP contribution is -2.39. The van der Waals surface area contributed by atoms with Gasteiger partial charge in [-0.25, -0.2) is 0 Å². The topological polar surface area (TPSA) is 32.7 Å². The first-order valence-electron chi connectivity index (χ1n) is 8.53. The number of halogens is 1. The maximum atomic E-state index is 10.4. The second kappa shape index (κ2) is 8.52. The summed E-state index contributed by atoms with van der Waals surface area (Å²) in [5, 5.41) is 11.1. The molecule has 1 atom stereocenters. The molecule has 1 unspecified atom stereocenters. The molecule has 1 fully saturated rings. The summed E-state index contributed by atoms with van der Waals surface area (Å²) in [5.74, 6) is 1.06. The van der Waals surface area contributed by atoms with Crippen LogP contribution in [0, 0.1) is 5.92 Å². The molecule has 0 spiro atoms. The number of aliphatic hydroxyl groups is 1. The van der Waals surface area contributed by atoms with Crippen LogP contribution in [0.2, 0.25) is 5.02 Å². The Morgan fingerprint density at radius 2 is 1.71 bits per heavy atom. The molecular weight excluding hydrogens is 322 g/mol. The highest BCUT2D eigenvalue weighted by atomic mass is 35.5. The smallest absolute Gasteiger partial charge is 0.119 e. The SMILES string of the molecule is OC(COc1ccc(Cl)cc1)C1CCN(Cc2ccccc2)CC1. The van der Waals surface area contributed by atoms with Gasteiger partial charge in [0, 0.05) is 11.6 Å². The van der Waals surface area contributed by atoms with E-state index in [2.05, 4.69) is 29.2 Å². The van der Waals surface area contributed by atoms with Gasteiger partial charge in [-0.2, -0.15) is 0 Å². The molecule has 0 saturated carbocycles. The number of hydrogen-bond acceptors (Lipinski definition) is 3. The quantitative estimate of drug-likeness (QED) is 0.859. The summed E-state index contributed by atoms with van der Waals surface area (Å²) in [6.07, 6.45) is 1.61. The van der Waals surface area contributed by atoms with Crippen LogP contribution >= 0.6 is 11.6 Å². The Morgan fingerprint density at radius 3 is 2.38 bits per heavy atom. The molecule has 3 rings (SSSR count). The van der Waals surface area contributed by atoms with Crippen LogP contribution in [0.3, 0.4) is 0 Å². The fourth-order valence-electron chi connectivity index (χ4n) is 3.19. The van der Waals surface area contributed by atoms with E-state index < -0.39 is 6.10 Å². The van der Waals surface area contributed by atoms with Gasteiger partial charge >= 0.3 is 0 Å². The monoisotopic (exact) mass is 345 g/mol. The molecule has 128 valence electrons. The molecule has 1 heterocycles. The Labute approximate surface area is 148 Å². The van der Waals surface area contributed by atoms with E-state index in [0.29, 0.717) is 17.5 Å². The molecule has 0 bridgehead atoms. The zero-order chi connectivity index (χ0) is 16.8. The summed E-state index contributed by atoms with van der Waals surface area (Å²) in [5.41, 5.74) is 1.35. The third kappa shape index (κ3) is 4.97. The summed E-state index contributed by atoms with van der Waals surface area (Å²) in [4.78, 5) is 2.46. The summed E-state index contributed by atoms with van der Waals surface area (Å²) in [7, 11) is 0. The third-order valence-electron chi connectivity index (χ3n) is 4.66. The lowest BCUT2D eigenvalue weighted by Gasteiger charge is -2.34. The maximum Gasteiger partial charge on any atom is 0.119 e. The lowest BCUT2D eigenvalue weighted by atomic mass is 9.91. The van der Waals surface area contributed by atoms with E-state index in [9.17, 15) is 5.11 Å². The molecule has 1 aliphatic rings. The van der Waals surface area contributed by atoms with Crippen molar-refractivity contribution in [3.05, 3.63) is 65.2 Å². The summed E-state index contributed by atoms with van der Waals surface area (Å²) < 4.78 is 5.68. The molecule has 1 saturated heterocycles. The second-order valence-electron chi connectivity index (χ2n) is 6.43. The van der Waals surface area contributed by atoms with Crippen molar-refractivity contribution < 1.29 is 9.84 Å². The van der Waals surface area contributed by atoms with E-state index >= 15 is 0 Å². The first-order valence-corrected chi connectivity index (χ1v) is 8.91. The van der Waals surface area contributed by atoms with Gasteiger partial charge in [0.05, 0.1) is 6.10 Å². The Bertz CT molecular complexity index is 609. The first kappa shape index (κ1) is 17.3. The largest absolute Gasteiger partial charge is 0.491 e. The fourth-order valence-corrected chi connectivity index (χ4v) is 3.31. The number of hydrogen-bond donors (Lipinski definition) is 1. The first-order chi connectivity index (χ1) is 11.7. The molecule has 24 heavy (non-hydrogen) atoms. The van der Waals surface area contributed by atoms with Crippen molar-refractivity contribution >= 4 is 11.6 Å². The van der Waals surface area contributed by atoms with Crippen molar-refractivity contribution in [1.82, 2.24) is 4.90 Å². The van der Waals surface area contributed by atoms with Crippen molar-refractivity contribution in [2.75, 3.05) is 19.7 Å². The second-order valence-corrected chi connectivity index (χ2v) is 6.87. The predicted molar refractivity (Wildman–Crippen MR) is 97.4 cm³/mol. The van der Waals surface area contributed by atoms with Crippen LogP contribution in [0.15, 0.2) is 54.6 Å². The number of likely N-dealkylation sites (tertiary alicyclic amines) is 1. The molecule has 2 aromatic carbocycles. The average Bonchev–Trinajstić information content (AvgIpc) is 2.62. The molecule has 0 amide bonds. The summed E-state index contributed by atoms with van der Waals surface area (Å²) >= 11 is 5.86. The zero-order valence-electron chi connectivity index (χ0n) is 13.8. The minimum Gasteiger partial charge on any atom is -0.491 e. The molecule has 2 aromatic rings. The predicted octanol–water partition coefficient (Wildman–Crippen LogP) is 3.99. The van der Waals surface area contributed by atoms with E-state index in [1.54, 1.807) is 12.1 Å². The Kier molecular flexibility index (Phi) is 6.13.